The molecule has 0 bridgehead atoms. The third-order valence-corrected chi connectivity index (χ3v) is 3.36. The van der Waals surface area contributed by atoms with Crippen LogP contribution in [0.2, 0.25) is 5.02 Å². The maximum absolute atomic E-state index is 11.0. The second kappa shape index (κ2) is 7.51. The lowest BCUT2D eigenvalue weighted by molar-refractivity contribution is 0.0697. The van der Waals surface area contributed by atoms with Gasteiger partial charge in [0.1, 0.15) is 11.5 Å². The number of carboxylic acid groups (broad SMARTS) is 1. The van der Waals surface area contributed by atoms with Gasteiger partial charge >= 0.3 is 5.97 Å². The molecule has 6 nitrogen and oxygen atoms in total. The predicted octanol–water partition coefficient (Wildman–Crippen LogP) is 3.50. The third kappa shape index (κ3) is 4.14. The van der Waals surface area contributed by atoms with E-state index in [4.69, 9.17) is 26.2 Å². The van der Waals surface area contributed by atoms with Crippen LogP contribution in [0.4, 0.5) is 5.69 Å². The van der Waals surface area contributed by atoms with Crippen LogP contribution in [0.15, 0.2) is 41.5 Å². The van der Waals surface area contributed by atoms with Crippen LogP contribution in [-0.4, -0.2) is 31.5 Å². The Balaban J connectivity index is 2.16. The third-order valence-electron chi connectivity index (χ3n) is 3.03. The van der Waals surface area contributed by atoms with Gasteiger partial charge in [0, 0.05) is 11.6 Å². The van der Waals surface area contributed by atoms with Gasteiger partial charge in [0.15, 0.2) is 0 Å². The summed E-state index contributed by atoms with van der Waals surface area (Å²) in [7, 11) is 3.13. The quantitative estimate of drug-likeness (QED) is 0.624. The lowest BCUT2D eigenvalue weighted by atomic mass is 10.2. The van der Waals surface area contributed by atoms with Gasteiger partial charge in [-0.25, -0.2) is 4.79 Å². The van der Waals surface area contributed by atoms with Crippen LogP contribution in [0.25, 0.3) is 0 Å². The van der Waals surface area contributed by atoms with Gasteiger partial charge in [-0.05, 0) is 30.3 Å². The summed E-state index contributed by atoms with van der Waals surface area (Å²) in [5.41, 5.74) is 4.02. The van der Waals surface area contributed by atoms with Gasteiger partial charge < -0.3 is 14.6 Å². The average molecular weight is 335 g/mol. The summed E-state index contributed by atoms with van der Waals surface area (Å²) >= 11 is 5.81. The summed E-state index contributed by atoms with van der Waals surface area (Å²) in [6.45, 7) is 0. The standard InChI is InChI=1S/C16H15ClN2O4/c1-22-12-5-3-10(15(8-12)23-2)9-18-19-11-4-6-14(17)13(7-11)16(20)21/h3-9,19H,1-2H3,(H,20,21)/b18-9-. The molecule has 0 fully saturated rings. The number of ether oxygens (including phenoxy) is 2. The first kappa shape index (κ1) is 16.6. The van der Waals surface area contributed by atoms with Crippen molar-refractivity contribution in [3.05, 3.63) is 52.5 Å². The number of rotatable bonds is 6. The van der Waals surface area contributed by atoms with Crippen molar-refractivity contribution in [2.75, 3.05) is 19.6 Å². The number of halogens is 1. The van der Waals surface area contributed by atoms with E-state index in [1.54, 1.807) is 44.7 Å². The Bertz CT molecular complexity index is 747. The van der Waals surface area contributed by atoms with E-state index in [9.17, 15) is 4.79 Å². The number of nitrogens with zero attached hydrogens (tertiary/aromatic N) is 1. The molecule has 0 saturated carbocycles. The fourth-order valence-corrected chi connectivity index (χ4v) is 2.06. The van der Waals surface area contributed by atoms with Crippen molar-refractivity contribution in [3.8, 4) is 11.5 Å². The van der Waals surface area contributed by atoms with Crippen LogP contribution in [0.1, 0.15) is 15.9 Å². The Morgan fingerprint density at radius 1 is 1.22 bits per heavy atom. The summed E-state index contributed by atoms with van der Waals surface area (Å²) in [5, 5.41) is 13.3. The van der Waals surface area contributed by atoms with Crippen LogP contribution < -0.4 is 14.9 Å². The van der Waals surface area contributed by atoms with Crippen LogP contribution in [0.5, 0.6) is 11.5 Å². The van der Waals surface area contributed by atoms with Gasteiger partial charge in [-0.1, -0.05) is 11.6 Å². The Kier molecular flexibility index (Phi) is 5.43. The molecule has 0 heterocycles. The number of nitrogens with one attached hydrogen (secondary N) is 1. The molecule has 2 rings (SSSR count). The van der Waals surface area contributed by atoms with Gasteiger partial charge in [0.05, 0.1) is 36.7 Å². The van der Waals surface area contributed by atoms with Crippen molar-refractivity contribution >= 4 is 29.5 Å². The van der Waals surface area contributed by atoms with Crippen molar-refractivity contribution in [1.82, 2.24) is 0 Å². The smallest absolute Gasteiger partial charge is 0.337 e. The van der Waals surface area contributed by atoms with Crippen molar-refractivity contribution < 1.29 is 19.4 Å². The van der Waals surface area contributed by atoms with Crippen LogP contribution >= 0.6 is 11.6 Å². The fraction of sp³-hybridized carbons (Fsp3) is 0.125. The van der Waals surface area contributed by atoms with E-state index in [0.717, 1.165) is 5.56 Å². The van der Waals surface area contributed by atoms with Gasteiger partial charge in [-0.15, -0.1) is 0 Å². The summed E-state index contributed by atoms with van der Waals surface area (Å²) in [4.78, 5) is 11.0. The van der Waals surface area contributed by atoms with Crippen molar-refractivity contribution in [1.29, 1.82) is 0 Å². The van der Waals surface area contributed by atoms with Crippen molar-refractivity contribution in [3.63, 3.8) is 0 Å². The number of methoxy groups -OCH3 is 2. The van der Waals surface area contributed by atoms with Crippen molar-refractivity contribution in [2.45, 2.75) is 0 Å². The van der Waals surface area contributed by atoms with Gasteiger partial charge in [-0.2, -0.15) is 5.10 Å². The zero-order chi connectivity index (χ0) is 16.8. The molecule has 0 aliphatic carbocycles. The number of hydrogen-bond acceptors (Lipinski definition) is 5. The molecule has 0 aliphatic heterocycles. The number of carbonyl (C=O) groups is 1. The maximum Gasteiger partial charge on any atom is 0.337 e. The normalized spacial score (nSPS) is 10.6. The lowest BCUT2D eigenvalue weighted by Gasteiger charge is -2.07. The highest BCUT2D eigenvalue weighted by Gasteiger charge is 2.09. The minimum Gasteiger partial charge on any atom is -0.497 e. The molecular weight excluding hydrogens is 320 g/mol. The van der Waals surface area contributed by atoms with Gasteiger partial charge in [0.2, 0.25) is 0 Å². The molecule has 120 valence electrons. The minimum absolute atomic E-state index is 0.00824. The summed E-state index contributed by atoms with van der Waals surface area (Å²) in [6.07, 6.45) is 1.56. The molecule has 0 aliphatic rings. The largest absolute Gasteiger partial charge is 0.497 e. The highest BCUT2D eigenvalue weighted by molar-refractivity contribution is 6.33. The molecule has 0 saturated heterocycles. The van der Waals surface area contributed by atoms with Crippen LogP contribution in [0.3, 0.4) is 0 Å². The van der Waals surface area contributed by atoms with E-state index < -0.39 is 5.97 Å². The highest BCUT2D eigenvalue weighted by atomic mass is 35.5. The first-order chi connectivity index (χ1) is 11.0. The number of aromatic carboxylic acids is 1. The van der Waals surface area contributed by atoms with E-state index >= 15 is 0 Å². The Labute approximate surface area is 138 Å². The van der Waals surface area contributed by atoms with Crippen LogP contribution in [-0.2, 0) is 0 Å². The van der Waals surface area contributed by atoms with E-state index in [2.05, 4.69) is 10.5 Å². The highest BCUT2D eigenvalue weighted by Crippen LogP contribution is 2.23. The number of hydrogen-bond donors (Lipinski definition) is 2. The van der Waals surface area contributed by atoms with E-state index in [1.807, 2.05) is 0 Å². The second-order valence-electron chi connectivity index (χ2n) is 4.48. The molecular formula is C16H15ClN2O4. The second-order valence-corrected chi connectivity index (χ2v) is 4.88. The Morgan fingerprint density at radius 2 is 2.00 bits per heavy atom. The SMILES string of the molecule is COc1ccc(/C=N\Nc2ccc(Cl)c(C(=O)O)c2)c(OC)c1. The first-order valence-corrected chi connectivity index (χ1v) is 6.97. The molecule has 2 aromatic rings. The van der Waals surface area contributed by atoms with Crippen LogP contribution in [0, 0.1) is 0 Å². The summed E-state index contributed by atoms with van der Waals surface area (Å²) in [6, 6.07) is 9.87. The lowest BCUT2D eigenvalue weighted by Crippen LogP contribution is -1.99. The number of anilines is 1. The summed E-state index contributed by atoms with van der Waals surface area (Å²) < 4.78 is 10.4. The molecule has 2 N–H and O–H groups in total. The zero-order valence-electron chi connectivity index (χ0n) is 12.5. The molecule has 0 unspecified atom stereocenters. The number of carboxylic acids is 1. The summed E-state index contributed by atoms with van der Waals surface area (Å²) in [5.74, 6) is 0.187. The fourth-order valence-electron chi connectivity index (χ4n) is 1.86. The zero-order valence-corrected chi connectivity index (χ0v) is 13.3. The van der Waals surface area contributed by atoms with Crippen molar-refractivity contribution in [2.24, 2.45) is 5.10 Å². The van der Waals surface area contributed by atoms with Gasteiger partial charge in [0.25, 0.3) is 0 Å². The number of benzene rings is 2. The molecule has 23 heavy (non-hydrogen) atoms. The molecule has 2 aromatic carbocycles. The molecule has 0 atom stereocenters. The predicted molar refractivity (Wildman–Crippen MR) is 89.2 cm³/mol. The topological polar surface area (TPSA) is 80.2 Å². The van der Waals surface area contributed by atoms with Gasteiger partial charge in [-0.3, -0.25) is 5.43 Å². The molecule has 0 amide bonds. The minimum atomic E-state index is -1.10. The maximum atomic E-state index is 11.0. The monoisotopic (exact) mass is 334 g/mol. The van der Waals surface area contributed by atoms with E-state index in [-0.39, 0.29) is 10.6 Å². The molecule has 0 radical (unpaired) electrons. The average Bonchev–Trinajstić information content (AvgIpc) is 2.56. The van der Waals surface area contributed by atoms with E-state index in [1.165, 1.54) is 12.1 Å². The number of hydrazone groups is 1. The molecule has 0 aromatic heterocycles. The Hall–Kier alpha value is -2.73. The Morgan fingerprint density at radius 3 is 2.65 bits per heavy atom. The molecule has 7 heteroatoms. The molecule has 0 spiro atoms. The van der Waals surface area contributed by atoms with E-state index in [0.29, 0.717) is 17.2 Å². The first-order valence-electron chi connectivity index (χ1n) is 6.59.